The van der Waals surface area contributed by atoms with E-state index >= 15 is 0 Å². The van der Waals surface area contributed by atoms with Crippen LogP contribution < -0.4 is 5.32 Å². The van der Waals surface area contributed by atoms with Crippen LogP contribution in [-0.2, 0) is 10.5 Å². The van der Waals surface area contributed by atoms with Crippen LogP contribution in [0.15, 0.2) is 40.4 Å². The van der Waals surface area contributed by atoms with E-state index in [1.165, 1.54) is 11.8 Å². The Hall–Kier alpha value is -1.77. The van der Waals surface area contributed by atoms with Crippen molar-refractivity contribution in [3.8, 4) is 10.6 Å². The van der Waals surface area contributed by atoms with Crippen molar-refractivity contribution in [3.63, 3.8) is 0 Å². The molecule has 0 aliphatic heterocycles. The molecule has 130 valence electrons. The number of aromatic nitrogens is 1. The van der Waals surface area contributed by atoms with E-state index in [0.29, 0.717) is 5.75 Å². The molecule has 1 atom stereocenters. The number of thioether (sulfide) groups is 1. The number of carbonyl (C=O) groups excluding carboxylic acids is 1. The fraction of sp³-hybridized carbons (Fsp3) is 0.176. The third-order valence-electron chi connectivity index (χ3n) is 3.36. The van der Waals surface area contributed by atoms with Crippen molar-refractivity contribution in [1.82, 2.24) is 4.98 Å². The minimum atomic E-state index is -0.660. The zero-order chi connectivity index (χ0) is 17.8. The van der Waals surface area contributed by atoms with Crippen LogP contribution in [-0.4, -0.2) is 16.1 Å². The first-order chi connectivity index (χ1) is 12.0. The van der Waals surface area contributed by atoms with Gasteiger partial charge in [-0.15, -0.1) is 23.1 Å². The number of benzene rings is 1. The summed E-state index contributed by atoms with van der Waals surface area (Å²) in [4.78, 5) is 16.7. The van der Waals surface area contributed by atoms with Crippen molar-refractivity contribution in [2.75, 3.05) is 5.32 Å². The molecule has 2 heterocycles. The summed E-state index contributed by atoms with van der Waals surface area (Å²) < 4.78 is 26.7. The van der Waals surface area contributed by atoms with Gasteiger partial charge in [0.15, 0.2) is 0 Å². The zero-order valence-corrected chi connectivity index (χ0v) is 15.6. The van der Waals surface area contributed by atoms with Crippen molar-refractivity contribution in [2.45, 2.75) is 17.9 Å². The van der Waals surface area contributed by atoms with E-state index in [1.54, 1.807) is 29.6 Å². The lowest BCUT2D eigenvalue weighted by atomic mass is 10.3. The molecular weight excluding hydrogens is 382 g/mol. The maximum atomic E-state index is 13.6. The number of amides is 1. The number of anilines is 1. The molecule has 25 heavy (non-hydrogen) atoms. The molecule has 0 aliphatic carbocycles. The van der Waals surface area contributed by atoms with Crippen molar-refractivity contribution >= 4 is 46.0 Å². The number of thiophene rings is 1. The Balaban J connectivity index is 1.56. The molecule has 1 unspecified atom stereocenters. The van der Waals surface area contributed by atoms with Crippen LogP contribution in [0.4, 0.5) is 14.5 Å². The molecule has 0 saturated carbocycles. The highest BCUT2D eigenvalue weighted by Gasteiger charge is 2.17. The second-order valence-corrected chi connectivity index (χ2v) is 8.19. The lowest BCUT2D eigenvalue weighted by Crippen LogP contribution is -2.23. The van der Waals surface area contributed by atoms with Crippen molar-refractivity contribution in [2.24, 2.45) is 0 Å². The van der Waals surface area contributed by atoms with Crippen LogP contribution in [0.5, 0.6) is 0 Å². The Bertz CT molecular complexity index is 865. The normalized spacial score (nSPS) is 12.1. The number of carbonyl (C=O) groups is 1. The van der Waals surface area contributed by atoms with Gasteiger partial charge in [0.1, 0.15) is 16.6 Å². The molecule has 0 fully saturated rings. The molecule has 0 bridgehead atoms. The molecule has 8 heteroatoms. The highest BCUT2D eigenvalue weighted by molar-refractivity contribution is 7.99. The molecule has 1 N–H and O–H groups in total. The summed E-state index contributed by atoms with van der Waals surface area (Å²) >= 11 is 4.58. The summed E-state index contributed by atoms with van der Waals surface area (Å²) in [7, 11) is 0. The number of hydrogen-bond acceptors (Lipinski definition) is 5. The molecule has 1 aromatic carbocycles. The second-order valence-electron chi connectivity index (χ2n) is 5.22. The fourth-order valence-electron chi connectivity index (χ4n) is 2.01. The van der Waals surface area contributed by atoms with E-state index in [-0.39, 0.29) is 11.6 Å². The SMILES string of the molecule is CC(SCc1csc(-c2ccsc2)n1)C(=O)Nc1cc(F)ccc1F. The van der Waals surface area contributed by atoms with Gasteiger partial charge in [0.05, 0.1) is 16.6 Å². The Morgan fingerprint density at radius 1 is 1.32 bits per heavy atom. The Morgan fingerprint density at radius 2 is 2.16 bits per heavy atom. The predicted molar refractivity (Wildman–Crippen MR) is 101 cm³/mol. The molecule has 2 aromatic heterocycles. The molecule has 1 amide bonds. The second kappa shape index (κ2) is 8.07. The minimum absolute atomic E-state index is 0.147. The summed E-state index contributed by atoms with van der Waals surface area (Å²) in [6.45, 7) is 1.73. The first kappa shape index (κ1) is 18.0. The van der Waals surface area contributed by atoms with Gasteiger partial charge >= 0.3 is 0 Å². The lowest BCUT2D eigenvalue weighted by molar-refractivity contribution is -0.115. The first-order valence-electron chi connectivity index (χ1n) is 7.37. The summed E-state index contributed by atoms with van der Waals surface area (Å²) in [6.07, 6.45) is 0. The van der Waals surface area contributed by atoms with Gasteiger partial charge in [-0.2, -0.15) is 11.3 Å². The highest BCUT2D eigenvalue weighted by atomic mass is 32.2. The van der Waals surface area contributed by atoms with Crippen LogP contribution in [0, 0.1) is 11.6 Å². The number of rotatable bonds is 6. The van der Waals surface area contributed by atoms with E-state index in [1.807, 2.05) is 22.2 Å². The summed E-state index contributed by atoms with van der Waals surface area (Å²) in [5.41, 5.74) is 1.84. The number of thiazole rings is 1. The third-order valence-corrected chi connectivity index (χ3v) is 6.16. The van der Waals surface area contributed by atoms with E-state index in [4.69, 9.17) is 0 Å². The average molecular weight is 397 g/mol. The number of hydrogen-bond donors (Lipinski definition) is 1. The molecule has 3 aromatic rings. The first-order valence-corrected chi connectivity index (χ1v) is 10.2. The standard InChI is InChI=1S/C17H14F2N2OS3/c1-10(16(22)21-15-6-12(18)2-3-14(15)19)24-8-13-9-25-17(20-13)11-4-5-23-7-11/h2-7,9-10H,8H2,1H3,(H,21,22). The third kappa shape index (κ3) is 4.65. The van der Waals surface area contributed by atoms with Crippen molar-refractivity contribution < 1.29 is 13.6 Å². The van der Waals surface area contributed by atoms with Gasteiger partial charge in [-0.3, -0.25) is 4.79 Å². The average Bonchev–Trinajstić information content (AvgIpc) is 3.26. The van der Waals surface area contributed by atoms with E-state index in [2.05, 4.69) is 10.3 Å². The lowest BCUT2D eigenvalue weighted by Gasteiger charge is -2.12. The highest BCUT2D eigenvalue weighted by Crippen LogP contribution is 2.28. The van der Waals surface area contributed by atoms with Gasteiger partial charge in [0.25, 0.3) is 0 Å². The van der Waals surface area contributed by atoms with Crippen LogP contribution in [0.1, 0.15) is 12.6 Å². The summed E-state index contributed by atoms with van der Waals surface area (Å²) in [6, 6.07) is 4.99. The molecule has 0 radical (unpaired) electrons. The topological polar surface area (TPSA) is 42.0 Å². The van der Waals surface area contributed by atoms with Crippen LogP contribution >= 0.6 is 34.4 Å². The van der Waals surface area contributed by atoms with Gasteiger partial charge in [-0.05, 0) is 30.5 Å². The summed E-state index contributed by atoms with van der Waals surface area (Å²) in [5.74, 6) is -1.06. The fourth-order valence-corrected chi connectivity index (χ4v) is 4.42. The molecule has 0 saturated heterocycles. The van der Waals surface area contributed by atoms with Crippen molar-refractivity contribution in [3.05, 3.63) is 57.7 Å². The van der Waals surface area contributed by atoms with Crippen LogP contribution in [0.2, 0.25) is 0 Å². The van der Waals surface area contributed by atoms with Crippen LogP contribution in [0.3, 0.4) is 0 Å². The van der Waals surface area contributed by atoms with E-state index in [0.717, 1.165) is 34.5 Å². The molecule has 3 nitrogen and oxygen atoms in total. The maximum absolute atomic E-state index is 13.6. The van der Waals surface area contributed by atoms with Gasteiger partial charge in [-0.1, -0.05) is 0 Å². The van der Waals surface area contributed by atoms with E-state index < -0.39 is 16.9 Å². The van der Waals surface area contributed by atoms with Gasteiger partial charge < -0.3 is 5.32 Å². The predicted octanol–water partition coefficient (Wildman–Crippen LogP) is 5.41. The summed E-state index contributed by atoms with van der Waals surface area (Å²) in [5, 5.41) is 8.97. The van der Waals surface area contributed by atoms with Gasteiger partial charge in [0.2, 0.25) is 5.91 Å². The molecule has 3 rings (SSSR count). The number of nitrogens with one attached hydrogen (secondary N) is 1. The Kier molecular flexibility index (Phi) is 5.82. The molecular formula is C17H14F2N2OS3. The zero-order valence-electron chi connectivity index (χ0n) is 13.2. The largest absolute Gasteiger partial charge is 0.323 e. The van der Waals surface area contributed by atoms with Gasteiger partial charge in [0, 0.05) is 28.1 Å². The number of nitrogens with zero attached hydrogens (tertiary/aromatic N) is 1. The Morgan fingerprint density at radius 3 is 2.92 bits per heavy atom. The minimum Gasteiger partial charge on any atom is -0.323 e. The quantitative estimate of drug-likeness (QED) is 0.606. The smallest absolute Gasteiger partial charge is 0.237 e. The van der Waals surface area contributed by atoms with Crippen molar-refractivity contribution in [1.29, 1.82) is 0 Å². The number of halogens is 2. The van der Waals surface area contributed by atoms with E-state index in [9.17, 15) is 13.6 Å². The molecule has 0 aliphatic rings. The van der Waals surface area contributed by atoms with Gasteiger partial charge in [-0.25, -0.2) is 13.8 Å². The maximum Gasteiger partial charge on any atom is 0.237 e. The molecule has 0 spiro atoms. The van der Waals surface area contributed by atoms with Crippen LogP contribution in [0.25, 0.3) is 10.6 Å². The monoisotopic (exact) mass is 396 g/mol. The Labute approximate surface area is 156 Å².